The van der Waals surface area contributed by atoms with Crippen LogP contribution in [0.3, 0.4) is 0 Å². The van der Waals surface area contributed by atoms with Crippen LogP contribution < -0.4 is 10.6 Å². The zero-order valence-electron chi connectivity index (χ0n) is 11.4. The summed E-state index contributed by atoms with van der Waals surface area (Å²) in [4.78, 5) is 22.1. The number of benzene rings is 1. The fourth-order valence-corrected chi connectivity index (χ4v) is 2.18. The lowest BCUT2D eigenvalue weighted by Crippen LogP contribution is -2.27. The van der Waals surface area contributed by atoms with Crippen LogP contribution in [0.15, 0.2) is 29.8 Å². The Morgan fingerprint density at radius 2 is 2.29 bits per heavy atom. The Labute approximate surface area is 121 Å². The Hall–Kier alpha value is -2.28. The van der Waals surface area contributed by atoms with Gasteiger partial charge in [-0.05, 0) is 31.5 Å². The Kier molecular flexibility index (Phi) is 4.99. The SMILES string of the molecule is O=C(NCCC1=CCNCC1)c1cc(F)ccc1[N+](=O)[O-]. The van der Waals surface area contributed by atoms with E-state index in [-0.39, 0.29) is 5.56 Å². The number of nitro groups is 1. The monoisotopic (exact) mass is 293 g/mol. The molecule has 21 heavy (non-hydrogen) atoms. The van der Waals surface area contributed by atoms with Gasteiger partial charge in [0.15, 0.2) is 0 Å². The number of carbonyl (C=O) groups is 1. The lowest BCUT2D eigenvalue weighted by atomic mass is 10.1. The van der Waals surface area contributed by atoms with Crippen LogP contribution in [0.4, 0.5) is 10.1 Å². The maximum atomic E-state index is 13.2. The van der Waals surface area contributed by atoms with Crippen LogP contribution in [0.2, 0.25) is 0 Å². The lowest BCUT2D eigenvalue weighted by Gasteiger charge is -2.14. The molecule has 1 aliphatic rings. The number of amides is 1. The van der Waals surface area contributed by atoms with Crippen molar-refractivity contribution in [2.75, 3.05) is 19.6 Å². The smallest absolute Gasteiger partial charge is 0.282 e. The topological polar surface area (TPSA) is 84.3 Å². The van der Waals surface area contributed by atoms with Gasteiger partial charge in [-0.3, -0.25) is 14.9 Å². The van der Waals surface area contributed by atoms with E-state index in [0.29, 0.717) is 13.0 Å². The van der Waals surface area contributed by atoms with Crippen molar-refractivity contribution < 1.29 is 14.1 Å². The first-order valence-corrected chi connectivity index (χ1v) is 6.68. The number of rotatable bonds is 5. The van der Waals surface area contributed by atoms with Crippen molar-refractivity contribution in [1.82, 2.24) is 10.6 Å². The zero-order valence-corrected chi connectivity index (χ0v) is 11.4. The van der Waals surface area contributed by atoms with Crippen molar-refractivity contribution >= 4 is 11.6 Å². The molecule has 2 N–H and O–H groups in total. The molecule has 112 valence electrons. The molecule has 6 nitrogen and oxygen atoms in total. The van der Waals surface area contributed by atoms with Crippen LogP contribution in [0.25, 0.3) is 0 Å². The molecular weight excluding hydrogens is 277 g/mol. The molecule has 2 rings (SSSR count). The van der Waals surface area contributed by atoms with Gasteiger partial charge in [0, 0.05) is 19.2 Å². The van der Waals surface area contributed by atoms with Crippen LogP contribution in [0.1, 0.15) is 23.2 Å². The van der Waals surface area contributed by atoms with E-state index in [1.165, 1.54) is 5.57 Å². The summed E-state index contributed by atoms with van der Waals surface area (Å²) in [7, 11) is 0. The summed E-state index contributed by atoms with van der Waals surface area (Å²) in [5.41, 5.74) is 0.595. The van der Waals surface area contributed by atoms with Gasteiger partial charge in [0.25, 0.3) is 11.6 Å². The van der Waals surface area contributed by atoms with Gasteiger partial charge in [-0.25, -0.2) is 4.39 Å². The third kappa shape index (κ3) is 4.09. The van der Waals surface area contributed by atoms with Gasteiger partial charge in [0.2, 0.25) is 0 Å². The largest absolute Gasteiger partial charge is 0.351 e. The molecule has 0 fully saturated rings. The summed E-state index contributed by atoms with van der Waals surface area (Å²) in [6.45, 7) is 2.10. The second-order valence-electron chi connectivity index (χ2n) is 4.74. The van der Waals surface area contributed by atoms with E-state index in [1.54, 1.807) is 0 Å². The minimum absolute atomic E-state index is 0.251. The molecule has 0 radical (unpaired) electrons. The average molecular weight is 293 g/mol. The normalized spacial score (nSPS) is 14.4. The lowest BCUT2D eigenvalue weighted by molar-refractivity contribution is -0.385. The molecular formula is C14H16FN3O3. The zero-order chi connectivity index (χ0) is 15.2. The number of halogens is 1. The highest BCUT2D eigenvalue weighted by molar-refractivity contribution is 5.98. The van der Waals surface area contributed by atoms with Crippen molar-refractivity contribution in [3.63, 3.8) is 0 Å². The van der Waals surface area contributed by atoms with E-state index in [0.717, 1.165) is 37.7 Å². The first kappa shape index (κ1) is 15.1. The van der Waals surface area contributed by atoms with Crippen LogP contribution in [-0.2, 0) is 0 Å². The summed E-state index contributed by atoms with van der Waals surface area (Å²) >= 11 is 0. The first-order chi connectivity index (χ1) is 10.1. The third-order valence-electron chi connectivity index (χ3n) is 3.29. The molecule has 0 saturated carbocycles. The minimum atomic E-state index is -0.691. The van der Waals surface area contributed by atoms with E-state index < -0.39 is 22.3 Å². The molecule has 0 saturated heterocycles. The van der Waals surface area contributed by atoms with Gasteiger partial charge in [-0.1, -0.05) is 11.6 Å². The van der Waals surface area contributed by atoms with E-state index in [2.05, 4.69) is 16.7 Å². The highest BCUT2D eigenvalue weighted by atomic mass is 19.1. The Balaban J connectivity index is 1.98. The van der Waals surface area contributed by atoms with Crippen molar-refractivity contribution in [3.05, 3.63) is 51.3 Å². The quantitative estimate of drug-likeness (QED) is 0.492. The molecule has 0 spiro atoms. The van der Waals surface area contributed by atoms with Gasteiger partial charge < -0.3 is 10.6 Å². The Morgan fingerprint density at radius 1 is 1.48 bits per heavy atom. The van der Waals surface area contributed by atoms with E-state index in [9.17, 15) is 19.3 Å². The Morgan fingerprint density at radius 3 is 2.95 bits per heavy atom. The summed E-state index contributed by atoms with van der Waals surface area (Å²) < 4.78 is 13.2. The summed E-state index contributed by atoms with van der Waals surface area (Å²) in [6.07, 6.45) is 3.69. The van der Waals surface area contributed by atoms with E-state index >= 15 is 0 Å². The molecule has 0 bridgehead atoms. The van der Waals surface area contributed by atoms with Crippen LogP contribution in [0, 0.1) is 15.9 Å². The van der Waals surface area contributed by atoms with Crippen molar-refractivity contribution in [2.45, 2.75) is 12.8 Å². The molecule has 1 heterocycles. The van der Waals surface area contributed by atoms with Gasteiger partial charge in [-0.2, -0.15) is 0 Å². The average Bonchev–Trinajstić information content (AvgIpc) is 2.47. The van der Waals surface area contributed by atoms with Crippen molar-refractivity contribution in [1.29, 1.82) is 0 Å². The summed E-state index contributed by atoms with van der Waals surface area (Å²) in [5.74, 6) is -1.30. The van der Waals surface area contributed by atoms with E-state index in [4.69, 9.17) is 0 Å². The second-order valence-corrected chi connectivity index (χ2v) is 4.74. The molecule has 0 unspecified atom stereocenters. The fraction of sp³-hybridized carbons (Fsp3) is 0.357. The molecule has 1 aromatic rings. The van der Waals surface area contributed by atoms with Gasteiger partial charge in [-0.15, -0.1) is 0 Å². The Bertz CT molecular complexity index is 587. The first-order valence-electron chi connectivity index (χ1n) is 6.68. The molecule has 1 aliphatic heterocycles. The maximum absolute atomic E-state index is 13.2. The van der Waals surface area contributed by atoms with Gasteiger partial charge >= 0.3 is 0 Å². The molecule has 0 atom stereocenters. The summed E-state index contributed by atoms with van der Waals surface area (Å²) in [5, 5.41) is 16.6. The second kappa shape index (κ2) is 6.94. The standard InChI is InChI=1S/C14H16FN3O3/c15-11-1-2-13(18(20)21)12(9-11)14(19)17-8-5-10-3-6-16-7-4-10/h1-3,9,16H,4-8H2,(H,17,19). The molecule has 1 aromatic carbocycles. The van der Waals surface area contributed by atoms with Crippen LogP contribution >= 0.6 is 0 Å². The predicted molar refractivity (Wildman–Crippen MR) is 75.6 cm³/mol. The predicted octanol–water partition coefficient (Wildman–Crippen LogP) is 1.77. The molecule has 1 amide bonds. The highest BCUT2D eigenvalue weighted by Gasteiger charge is 2.20. The maximum Gasteiger partial charge on any atom is 0.282 e. The van der Waals surface area contributed by atoms with Gasteiger partial charge in [0.1, 0.15) is 11.4 Å². The number of nitrogens with one attached hydrogen (secondary N) is 2. The number of hydrogen-bond acceptors (Lipinski definition) is 4. The van der Waals surface area contributed by atoms with E-state index in [1.807, 2.05) is 0 Å². The number of carbonyl (C=O) groups excluding carboxylic acids is 1. The van der Waals surface area contributed by atoms with Crippen LogP contribution in [0.5, 0.6) is 0 Å². The van der Waals surface area contributed by atoms with Crippen molar-refractivity contribution in [3.8, 4) is 0 Å². The third-order valence-corrected chi connectivity index (χ3v) is 3.29. The van der Waals surface area contributed by atoms with Crippen molar-refractivity contribution in [2.24, 2.45) is 0 Å². The highest BCUT2D eigenvalue weighted by Crippen LogP contribution is 2.19. The van der Waals surface area contributed by atoms with Gasteiger partial charge in [0.05, 0.1) is 4.92 Å². The molecule has 7 heteroatoms. The van der Waals surface area contributed by atoms with Crippen LogP contribution in [-0.4, -0.2) is 30.5 Å². The number of nitro benzene ring substituents is 1. The molecule has 0 aromatic heterocycles. The molecule has 0 aliphatic carbocycles. The minimum Gasteiger partial charge on any atom is -0.351 e. The number of hydrogen-bond donors (Lipinski definition) is 2. The number of nitrogens with zero attached hydrogens (tertiary/aromatic N) is 1. The fourth-order valence-electron chi connectivity index (χ4n) is 2.18. The summed E-state index contributed by atoms with van der Waals surface area (Å²) in [6, 6.07) is 2.85.